The summed E-state index contributed by atoms with van der Waals surface area (Å²) in [6, 6.07) is 15.2. The molecule has 236 valence electrons. The minimum atomic E-state index is -4.55. The molecule has 0 radical (unpaired) electrons. The number of halogens is 6. The number of alkyl halides is 6. The topological polar surface area (TPSA) is 52.0 Å². The summed E-state index contributed by atoms with van der Waals surface area (Å²) in [5.41, 5.74) is 17.7. The number of hydrogen-bond acceptors (Lipinski definition) is 2. The van der Waals surface area contributed by atoms with Crippen molar-refractivity contribution in [2.45, 2.75) is 83.0 Å². The molecule has 4 aromatic carbocycles. The van der Waals surface area contributed by atoms with Gasteiger partial charge in [-0.05, 0) is 142 Å². The van der Waals surface area contributed by atoms with E-state index in [4.69, 9.17) is 11.5 Å². The molecule has 0 unspecified atom stereocenters. The molecule has 0 fully saturated rings. The van der Waals surface area contributed by atoms with Crippen molar-refractivity contribution in [2.75, 3.05) is 11.5 Å². The van der Waals surface area contributed by atoms with Crippen LogP contribution < -0.4 is 11.5 Å². The van der Waals surface area contributed by atoms with Gasteiger partial charge in [-0.1, -0.05) is 39.8 Å². The smallest absolute Gasteiger partial charge is 0.399 e. The van der Waals surface area contributed by atoms with Gasteiger partial charge in [0.05, 0.1) is 11.1 Å². The van der Waals surface area contributed by atoms with Crippen LogP contribution in [-0.2, 0) is 28.6 Å². The van der Waals surface area contributed by atoms with Crippen LogP contribution in [0.1, 0.15) is 85.0 Å². The SMILES string of the molecule is Cc1cc(-c2cc(N)cc(C(F)(F)F)c2)cc2c1C(C)(C)CC21CC(C)(C)c2c(C)cc(-c3cc(N)cc(C(F)(F)F)c3)cc21. The van der Waals surface area contributed by atoms with Crippen molar-refractivity contribution in [3.8, 4) is 22.3 Å². The van der Waals surface area contributed by atoms with Crippen LogP contribution in [0.4, 0.5) is 37.7 Å². The van der Waals surface area contributed by atoms with E-state index in [1.807, 2.05) is 38.1 Å². The normalized spacial score (nSPS) is 17.9. The van der Waals surface area contributed by atoms with Crippen molar-refractivity contribution in [2.24, 2.45) is 0 Å². The van der Waals surface area contributed by atoms with E-state index in [1.54, 1.807) is 12.1 Å². The molecule has 4 aromatic rings. The number of benzene rings is 4. The first-order valence-corrected chi connectivity index (χ1v) is 14.9. The van der Waals surface area contributed by atoms with Crippen LogP contribution in [0.2, 0.25) is 0 Å². The Morgan fingerprint density at radius 3 is 1.18 bits per heavy atom. The van der Waals surface area contributed by atoms with Gasteiger partial charge in [0.1, 0.15) is 0 Å². The molecule has 0 atom stereocenters. The largest absolute Gasteiger partial charge is 0.416 e. The van der Waals surface area contributed by atoms with Gasteiger partial charge in [0, 0.05) is 16.8 Å². The lowest BCUT2D eigenvalue weighted by Gasteiger charge is -2.31. The fourth-order valence-electron chi connectivity index (χ4n) is 8.70. The summed E-state index contributed by atoms with van der Waals surface area (Å²) in [4.78, 5) is 0. The highest BCUT2D eigenvalue weighted by Gasteiger charge is 2.57. The van der Waals surface area contributed by atoms with Crippen molar-refractivity contribution in [1.82, 2.24) is 0 Å². The first-order chi connectivity index (χ1) is 20.6. The summed E-state index contributed by atoms with van der Waals surface area (Å²) in [6.45, 7) is 12.7. The number of nitrogens with two attached hydrogens (primary N) is 2. The van der Waals surface area contributed by atoms with Crippen LogP contribution in [0.3, 0.4) is 0 Å². The summed E-state index contributed by atoms with van der Waals surface area (Å²) in [7, 11) is 0. The van der Waals surface area contributed by atoms with Gasteiger partial charge in [0.15, 0.2) is 0 Å². The second kappa shape index (κ2) is 9.54. The first kappa shape index (κ1) is 31.1. The zero-order valence-corrected chi connectivity index (χ0v) is 26.1. The number of aryl methyl sites for hydroxylation is 2. The molecule has 2 nitrogen and oxygen atoms in total. The molecule has 4 N–H and O–H groups in total. The van der Waals surface area contributed by atoms with E-state index in [2.05, 4.69) is 27.7 Å². The molecule has 6 rings (SSSR count). The molecule has 0 heterocycles. The zero-order valence-electron chi connectivity index (χ0n) is 26.1. The highest BCUT2D eigenvalue weighted by Crippen LogP contribution is 2.64. The van der Waals surface area contributed by atoms with Crippen molar-refractivity contribution < 1.29 is 26.3 Å². The number of fused-ring (bicyclic) bond motifs is 4. The van der Waals surface area contributed by atoms with Gasteiger partial charge in [-0.2, -0.15) is 26.3 Å². The van der Waals surface area contributed by atoms with Gasteiger partial charge in [0.25, 0.3) is 0 Å². The maximum absolute atomic E-state index is 13.8. The average molecular weight is 623 g/mol. The Balaban J connectivity index is 1.62. The molecule has 2 aliphatic rings. The van der Waals surface area contributed by atoms with Crippen LogP contribution in [0, 0.1) is 13.8 Å². The second-order valence-corrected chi connectivity index (χ2v) is 14.3. The summed E-state index contributed by atoms with van der Waals surface area (Å²) in [5.74, 6) is 0. The molecule has 0 saturated carbocycles. The summed E-state index contributed by atoms with van der Waals surface area (Å²) in [6.07, 6.45) is -7.61. The monoisotopic (exact) mass is 622 g/mol. The lowest BCUT2D eigenvalue weighted by atomic mass is 9.72. The van der Waals surface area contributed by atoms with Crippen LogP contribution >= 0.6 is 0 Å². The Morgan fingerprint density at radius 1 is 0.511 bits per heavy atom. The third-order valence-corrected chi connectivity index (χ3v) is 9.78. The predicted octanol–water partition coefficient (Wildman–Crippen LogP) is 10.5. The Kier molecular flexibility index (Phi) is 6.58. The molecule has 0 aliphatic heterocycles. The number of anilines is 2. The summed E-state index contributed by atoms with van der Waals surface area (Å²) >= 11 is 0. The minimum Gasteiger partial charge on any atom is -0.399 e. The lowest BCUT2D eigenvalue weighted by molar-refractivity contribution is -0.138. The van der Waals surface area contributed by atoms with Crippen molar-refractivity contribution in [1.29, 1.82) is 0 Å². The highest BCUT2D eigenvalue weighted by atomic mass is 19.4. The molecule has 45 heavy (non-hydrogen) atoms. The number of hydrogen-bond donors (Lipinski definition) is 2. The maximum Gasteiger partial charge on any atom is 0.416 e. The van der Waals surface area contributed by atoms with Crippen molar-refractivity contribution in [3.63, 3.8) is 0 Å². The van der Waals surface area contributed by atoms with Crippen molar-refractivity contribution in [3.05, 3.63) is 105 Å². The standard InChI is InChI=1S/C37H36F6N2/c1-19-7-21(23-9-25(36(38,39)40)15-27(44)11-23)13-29-31(19)33(3,4)17-35(29)18-34(5,6)32-20(2)8-22(14-30(32)35)24-10-26(37(41,42)43)16-28(45)12-24/h7-16H,17-18,44-45H2,1-6H3. The predicted molar refractivity (Wildman–Crippen MR) is 168 cm³/mol. The molecule has 8 heteroatoms. The van der Waals surface area contributed by atoms with E-state index < -0.39 is 28.9 Å². The molecular weight excluding hydrogens is 586 g/mol. The van der Waals surface area contributed by atoms with E-state index in [0.29, 0.717) is 22.3 Å². The number of rotatable bonds is 2. The first-order valence-electron chi connectivity index (χ1n) is 14.9. The fraction of sp³-hybridized carbons (Fsp3) is 0.351. The van der Waals surface area contributed by atoms with Gasteiger partial charge in [-0.15, -0.1) is 0 Å². The molecule has 0 bridgehead atoms. The van der Waals surface area contributed by atoms with Gasteiger partial charge >= 0.3 is 12.4 Å². The van der Waals surface area contributed by atoms with Gasteiger partial charge in [-0.25, -0.2) is 0 Å². The summed E-state index contributed by atoms with van der Waals surface area (Å²) in [5, 5.41) is 0. The Hall–Kier alpha value is -3.94. The van der Waals surface area contributed by atoms with Crippen LogP contribution in [0.5, 0.6) is 0 Å². The molecule has 0 amide bonds. The highest BCUT2D eigenvalue weighted by molar-refractivity contribution is 5.77. The van der Waals surface area contributed by atoms with E-state index in [0.717, 1.165) is 70.5 Å². The lowest BCUT2D eigenvalue weighted by Crippen LogP contribution is -2.27. The maximum atomic E-state index is 13.8. The molecule has 0 aromatic heterocycles. The van der Waals surface area contributed by atoms with Crippen LogP contribution in [0.25, 0.3) is 22.3 Å². The van der Waals surface area contributed by atoms with Gasteiger partial charge < -0.3 is 11.5 Å². The minimum absolute atomic E-state index is 0.0287. The Bertz CT molecular complexity index is 1740. The summed E-state index contributed by atoms with van der Waals surface area (Å²) < 4.78 is 82.6. The molecule has 1 spiro atoms. The second-order valence-electron chi connectivity index (χ2n) is 14.3. The molecule has 0 saturated heterocycles. The van der Waals surface area contributed by atoms with Crippen molar-refractivity contribution >= 4 is 11.4 Å². The zero-order chi connectivity index (χ0) is 33.1. The van der Waals surface area contributed by atoms with E-state index >= 15 is 0 Å². The average Bonchev–Trinajstić information content (AvgIpc) is 3.26. The fourth-order valence-corrected chi connectivity index (χ4v) is 8.70. The van der Waals surface area contributed by atoms with E-state index in [1.165, 1.54) is 0 Å². The van der Waals surface area contributed by atoms with Gasteiger partial charge in [0.2, 0.25) is 0 Å². The van der Waals surface area contributed by atoms with Gasteiger partial charge in [-0.3, -0.25) is 0 Å². The Labute approximate surface area is 259 Å². The van der Waals surface area contributed by atoms with Crippen LogP contribution in [-0.4, -0.2) is 0 Å². The number of nitrogen functional groups attached to an aromatic ring is 2. The Morgan fingerprint density at radius 2 is 0.844 bits per heavy atom. The molecule has 2 aliphatic carbocycles. The van der Waals surface area contributed by atoms with E-state index in [9.17, 15) is 26.3 Å². The third kappa shape index (κ3) is 4.97. The van der Waals surface area contributed by atoms with E-state index in [-0.39, 0.29) is 22.2 Å². The van der Waals surface area contributed by atoms with Crippen LogP contribution in [0.15, 0.2) is 60.7 Å². The quantitative estimate of drug-likeness (QED) is 0.173. The molecular formula is C37H36F6N2. The third-order valence-electron chi connectivity index (χ3n) is 9.78.